The van der Waals surface area contributed by atoms with Crippen molar-refractivity contribution in [1.82, 2.24) is 9.97 Å². The zero-order chi connectivity index (χ0) is 11.8. The molecule has 3 N–H and O–H groups in total. The Kier molecular flexibility index (Phi) is 5.00. The maximum absolute atomic E-state index is 8.47. The topological polar surface area (TPSA) is 103 Å². The summed E-state index contributed by atoms with van der Waals surface area (Å²) in [5.41, 5.74) is 5.68. The largest absolute Gasteiger partial charge is 0.461 e. The predicted molar refractivity (Wildman–Crippen MR) is 56.5 cm³/mol. The molecule has 1 heterocycles. The number of oxime groups is 1. The first kappa shape index (κ1) is 12.2. The number of hydrogen-bond acceptors (Lipinski definition) is 6. The molecule has 1 rings (SSSR count). The molecule has 7 heteroatoms. The van der Waals surface area contributed by atoms with Crippen molar-refractivity contribution in [3.63, 3.8) is 0 Å². The van der Waals surface area contributed by atoms with E-state index in [0.29, 0.717) is 25.5 Å². The zero-order valence-electron chi connectivity index (χ0n) is 8.96. The van der Waals surface area contributed by atoms with Crippen LogP contribution in [0.25, 0.3) is 0 Å². The van der Waals surface area contributed by atoms with Gasteiger partial charge in [0.25, 0.3) is 0 Å². The Morgan fingerprint density at radius 2 is 2.38 bits per heavy atom. The standard InChI is InChI=1S/C9H14N4O3/c1-2-15-5-6-16-9-11-4-3-7(12-9)8(10)13-14/h3-4,14H,2,5-6H2,1H3,(H2,10,13). The Balaban J connectivity index is 2.54. The van der Waals surface area contributed by atoms with Gasteiger partial charge >= 0.3 is 6.01 Å². The summed E-state index contributed by atoms with van der Waals surface area (Å²) < 4.78 is 10.3. The van der Waals surface area contributed by atoms with Crippen LogP contribution in [0.1, 0.15) is 12.6 Å². The highest BCUT2D eigenvalue weighted by atomic mass is 16.5. The lowest BCUT2D eigenvalue weighted by Gasteiger charge is -2.05. The van der Waals surface area contributed by atoms with Crippen molar-refractivity contribution >= 4 is 5.84 Å². The highest BCUT2D eigenvalue weighted by Gasteiger charge is 2.04. The highest BCUT2D eigenvalue weighted by Crippen LogP contribution is 2.02. The third-order valence-corrected chi connectivity index (χ3v) is 1.67. The van der Waals surface area contributed by atoms with Gasteiger partial charge in [-0.2, -0.15) is 4.98 Å². The number of rotatable bonds is 6. The quantitative estimate of drug-likeness (QED) is 0.232. The molecule has 88 valence electrons. The number of aromatic nitrogens is 2. The van der Waals surface area contributed by atoms with Crippen molar-refractivity contribution in [3.8, 4) is 6.01 Å². The van der Waals surface area contributed by atoms with E-state index in [1.165, 1.54) is 12.3 Å². The highest BCUT2D eigenvalue weighted by molar-refractivity contribution is 5.95. The molecule has 7 nitrogen and oxygen atoms in total. The summed E-state index contributed by atoms with van der Waals surface area (Å²) in [6, 6.07) is 1.69. The van der Waals surface area contributed by atoms with Crippen LogP contribution in [-0.4, -0.2) is 40.8 Å². The van der Waals surface area contributed by atoms with Crippen molar-refractivity contribution in [3.05, 3.63) is 18.0 Å². The van der Waals surface area contributed by atoms with Gasteiger partial charge in [0.2, 0.25) is 0 Å². The summed E-state index contributed by atoms with van der Waals surface area (Å²) in [7, 11) is 0. The molecule has 0 saturated carbocycles. The summed E-state index contributed by atoms with van der Waals surface area (Å²) >= 11 is 0. The number of hydrogen-bond donors (Lipinski definition) is 2. The van der Waals surface area contributed by atoms with E-state index >= 15 is 0 Å². The van der Waals surface area contributed by atoms with Crippen LogP contribution in [0.4, 0.5) is 0 Å². The average molecular weight is 226 g/mol. The van der Waals surface area contributed by atoms with Crippen molar-refractivity contribution in [2.75, 3.05) is 19.8 Å². The van der Waals surface area contributed by atoms with Crippen LogP contribution in [0.15, 0.2) is 17.4 Å². The maximum Gasteiger partial charge on any atom is 0.317 e. The molecule has 0 fully saturated rings. The van der Waals surface area contributed by atoms with Crippen LogP contribution < -0.4 is 10.5 Å². The molecule has 16 heavy (non-hydrogen) atoms. The Morgan fingerprint density at radius 1 is 1.56 bits per heavy atom. The van der Waals surface area contributed by atoms with Crippen LogP contribution >= 0.6 is 0 Å². The zero-order valence-corrected chi connectivity index (χ0v) is 8.96. The van der Waals surface area contributed by atoms with E-state index in [-0.39, 0.29) is 11.8 Å². The van der Waals surface area contributed by atoms with Gasteiger partial charge in [0.15, 0.2) is 5.84 Å². The number of amidine groups is 1. The van der Waals surface area contributed by atoms with Gasteiger partial charge in [-0.05, 0) is 13.0 Å². The lowest BCUT2D eigenvalue weighted by Crippen LogP contribution is -2.16. The van der Waals surface area contributed by atoms with E-state index in [9.17, 15) is 0 Å². The molecular weight excluding hydrogens is 212 g/mol. The molecule has 0 radical (unpaired) electrons. The molecule has 0 aliphatic rings. The smallest absolute Gasteiger partial charge is 0.317 e. The van der Waals surface area contributed by atoms with E-state index in [1.54, 1.807) is 0 Å². The molecule has 0 unspecified atom stereocenters. The normalized spacial score (nSPS) is 11.4. The summed E-state index contributed by atoms with van der Waals surface area (Å²) in [4.78, 5) is 7.81. The van der Waals surface area contributed by atoms with Crippen LogP contribution in [0.5, 0.6) is 6.01 Å². The Hall–Kier alpha value is -1.89. The first-order chi connectivity index (χ1) is 7.77. The van der Waals surface area contributed by atoms with Gasteiger partial charge in [-0.1, -0.05) is 5.16 Å². The molecular formula is C9H14N4O3. The number of nitrogens with zero attached hydrogens (tertiary/aromatic N) is 3. The van der Waals surface area contributed by atoms with Crippen LogP contribution in [-0.2, 0) is 4.74 Å². The molecule has 0 aliphatic carbocycles. The second-order valence-electron chi connectivity index (χ2n) is 2.76. The van der Waals surface area contributed by atoms with Gasteiger partial charge in [0.1, 0.15) is 12.3 Å². The molecule has 1 aromatic rings. The van der Waals surface area contributed by atoms with Crippen molar-refractivity contribution < 1.29 is 14.7 Å². The Morgan fingerprint density at radius 3 is 3.06 bits per heavy atom. The van der Waals surface area contributed by atoms with Crippen LogP contribution in [0.3, 0.4) is 0 Å². The fourth-order valence-corrected chi connectivity index (χ4v) is 0.940. The van der Waals surface area contributed by atoms with Gasteiger partial charge in [-0.25, -0.2) is 4.98 Å². The summed E-state index contributed by atoms with van der Waals surface area (Å²) in [5, 5.41) is 11.3. The monoisotopic (exact) mass is 226 g/mol. The van der Waals surface area contributed by atoms with Gasteiger partial charge in [-0.3, -0.25) is 0 Å². The van der Waals surface area contributed by atoms with E-state index in [2.05, 4.69) is 15.1 Å². The molecule has 0 saturated heterocycles. The molecule has 0 aliphatic heterocycles. The second kappa shape index (κ2) is 6.57. The molecule has 0 bridgehead atoms. The summed E-state index contributed by atoms with van der Waals surface area (Å²) in [6.07, 6.45) is 1.47. The summed E-state index contributed by atoms with van der Waals surface area (Å²) in [6.45, 7) is 3.35. The third kappa shape index (κ3) is 3.70. The third-order valence-electron chi connectivity index (χ3n) is 1.67. The summed E-state index contributed by atoms with van der Waals surface area (Å²) in [5.74, 6) is -0.0861. The lowest BCUT2D eigenvalue weighted by molar-refractivity contribution is 0.106. The first-order valence-corrected chi connectivity index (χ1v) is 4.79. The fraction of sp³-hybridized carbons (Fsp3) is 0.444. The predicted octanol–water partition coefficient (Wildman–Crippen LogP) is -0.0136. The minimum atomic E-state index is -0.0861. The Labute approximate surface area is 92.9 Å². The van der Waals surface area contributed by atoms with Gasteiger partial charge in [0.05, 0.1) is 6.61 Å². The number of nitrogens with two attached hydrogens (primary N) is 1. The van der Waals surface area contributed by atoms with E-state index in [1.807, 2.05) is 6.92 Å². The second-order valence-corrected chi connectivity index (χ2v) is 2.76. The van der Waals surface area contributed by atoms with E-state index < -0.39 is 0 Å². The van der Waals surface area contributed by atoms with E-state index in [4.69, 9.17) is 20.4 Å². The SMILES string of the molecule is CCOCCOc1nccc(/C(N)=N/O)n1. The van der Waals surface area contributed by atoms with Gasteiger partial charge in [0, 0.05) is 12.8 Å². The Bertz CT molecular complexity index is 356. The molecule has 0 amide bonds. The van der Waals surface area contributed by atoms with Crippen LogP contribution in [0, 0.1) is 0 Å². The van der Waals surface area contributed by atoms with E-state index in [0.717, 1.165) is 0 Å². The molecule has 0 spiro atoms. The van der Waals surface area contributed by atoms with Gasteiger partial charge in [-0.15, -0.1) is 0 Å². The van der Waals surface area contributed by atoms with Gasteiger partial charge < -0.3 is 20.4 Å². The lowest BCUT2D eigenvalue weighted by atomic mass is 10.4. The fourth-order valence-electron chi connectivity index (χ4n) is 0.940. The van der Waals surface area contributed by atoms with Crippen molar-refractivity contribution in [2.45, 2.75) is 6.92 Å². The minimum Gasteiger partial charge on any atom is -0.461 e. The molecule has 0 atom stereocenters. The van der Waals surface area contributed by atoms with Crippen molar-refractivity contribution in [2.24, 2.45) is 10.9 Å². The average Bonchev–Trinajstić information content (AvgIpc) is 2.34. The van der Waals surface area contributed by atoms with Crippen LogP contribution in [0.2, 0.25) is 0 Å². The molecule has 1 aromatic heterocycles. The molecule has 0 aromatic carbocycles. The first-order valence-electron chi connectivity index (χ1n) is 4.79. The van der Waals surface area contributed by atoms with Crippen molar-refractivity contribution in [1.29, 1.82) is 0 Å². The number of ether oxygens (including phenoxy) is 2. The maximum atomic E-state index is 8.47. The minimum absolute atomic E-state index is 0.0861.